The average molecular weight is 234 g/mol. The van der Waals surface area contributed by atoms with Crippen LogP contribution in [-0.2, 0) is 12.8 Å². The van der Waals surface area contributed by atoms with Gasteiger partial charge in [0.1, 0.15) is 5.75 Å². The van der Waals surface area contributed by atoms with Gasteiger partial charge in [-0.2, -0.15) is 0 Å². The van der Waals surface area contributed by atoms with Gasteiger partial charge in [0.05, 0.1) is 25.9 Å². The minimum atomic E-state index is 0.0348. The third-order valence-electron chi connectivity index (χ3n) is 3.31. The van der Waals surface area contributed by atoms with E-state index < -0.39 is 0 Å². The van der Waals surface area contributed by atoms with Crippen LogP contribution < -0.4 is 14.2 Å². The van der Waals surface area contributed by atoms with E-state index in [0.29, 0.717) is 24.5 Å². The van der Waals surface area contributed by atoms with Gasteiger partial charge in [0.25, 0.3) is 0 Å². The number of ketones is 1. The van der Waals surface area contributed by atoms with Crippen molar-refractivity contribution in [3.63, 3.8) is 0 Å². The van der Waals surface area contributed by atoms with Gasteiger partial charge in [-0.1, -0.05) is 0 Å². The van der Waals surface area contributed by atoms with Gasteiger partial charge in [0.15, 0.2) is 17.3 Å². The summed E-state index contributed by atoms with van der Waals surface area (Å²) in [5.74, 6) is 2.23. The number of ether oxygens (including phenoxy) is 3. The van der Waals surface area contributed by atoms with Crippen LogP contribution in [0, 0.1) is 0 Å². The van der Waals surface area contributed by atoms with Gasteiger partial charge >= 0.3 is 0 Å². The summed E-state index contributed by atoms with van der Waals surface area (Å²) in [6, 6.07) is 0. The van der Waals surface area contributed by atoms with Crippen molar-refractivity contribution in [2.24, 2.45) is 0 Å². The Hall–Kier alpha value is -1.71. The molecule has 0 amide bonds. The van der Waals surface area contributed by atoms with Crippen molar-refractivity contribution in [3.05, 3.63) is 16.7 Å². The summed E-state index contributed by atoms with van der Waals surface area (Å²) in [6.07, 6.45) is 1.52. The van der Waals surface area contributed by atoms with Crippen LogP contribution in [-0.4, -0.2) is 26.1 Å². The van der Waals surface area contributed by atoms with Crippen LogP contribution in [0.1, 0.15) is 28.4 Å². The number of methoxy groups -OCH3 is 1. The molecule has 0 aromatic heterocycles. The third-order valence-corrected chi connectivity index (χ3v) is 3.31. The number of rotatable bonds is 2. The smallest absolute Gasteiger partial charge is 0.168 e. The number of carbonyl (C=O) groups is 1. The summed E-state index contributed by atoms with van der Waals surface area (Å²) in [7, 11) is 1.63. The molecule has 2 heterocycles. The minimum absolute atomic E-state index is 0.0348. The van der Waals surface area contributed by atoms with E-state index in [9.17, 15) is 4.79 Å². The molecule has 0 spiro atoms. The van der Waals surface area contributed by atoms with E-state index in [1.54, 1.807) is 14.0 Å². The largest absolute Gasteiger partial charge is 0.492 e. The second-order valence-electron chi connectivity index (χ2n) is 4.28. The van der Waals surface area contributed by atoms with Crippen LogP contribution >= 0.6 is 0 Å². The van der Waals surface area contributed by atoms with E-state index in [-0.39, 0.29) is 5.78 Å². The van der Waals surface area contributed by atoms with Crippen molar-refractivity contribution in [1.82, 2.24) is 0 Å². The summed E-state index contributed by atoms with van der Waals surface area (Å²) >= 11 is 0. The minimum Gasteiger partial charge on any atom is -0.492 e. The fourth-order valence-electron chi connectivity index (χ4n) is 2.65. The van der Waals surface area contributed by atoms with E-state index in [0.717, 1.165) is 35.5 Å². The molecule has 1 aromatic carbocycles. The van der Waals surface area contributed by atoms with E-state index in [1.165, 1.54) is 0 Å². The predicted molar refractivity (Wildman–Crippen MR) is 61.4 cm³/mol. The van der Waals surface area contributed by atoms with Gasteiger partial charge in [0.2, 0.25) is 0 Å². The maximum Gasteiger partial charge on any atom is 0.168 e. The Morgan fingerprint density at radius 2 is 1.76 bits per heavy atom. The highest BCUT2D eigenvalue weighted by atomic mass is 16.5. The lowest BCUT2D eigenvalue weighted by molar-refractivity contribution is 0.101. The molecule has 4 nitrogen and oxygen atoms in total. The zero-order valence-electron chi connectivity index (χ0n) is 9.96. The highest BCUT2D eigenvalue weighted by Gasteiger charge is 2.33. The topological polar surface area (TPSA) is 44.8 Å². The number of fused-ring (bicyclic) bond motifs is 2. The first-order valence-corrected chi connectivity index (χ1v) is 5.76. The molecule has 0 N–H and O–H groups in total. The van der Waals surface area contributed by atoms with Gasteiger partial charge < -0.3 is 14.2 Å². The number of carbonyl (C=O) groups excluding carboxylic acids is 1. The zero-order valence-corrected chi connectivity index (χ0v) is 9.96. The lowest BCUT2D eigenvalue weighted by atomic mass is 9.96. The third kappa shape index (κ3) is 1.33. The molecule has 0 radical (unpaired) electrons. The molecule has 2 aliphatic heterocycles. The maximum atomic E-state index is 11.8. The second-order valence-corrected chi connectivity index (χ2v) is 4.28. The number of Topliss-reactive ketones (excluding diaryl/α,β-unsaturated/α-hetero) is 1. The Kier molecular flexibility index (Phi) is 2.24. The van der Waals surface area contributed by atoms with Gasteiger partial charge in [0, 0.05) is 24.0 Å². The molecule has 0 saturated carbocycles. The van der Waals surface area contributed by atoms with Gasteiger partial charge in [-0.15, -0.1) is 0 Å². The van der Waals surface area contributed by atoms with Crippen LogP contribution in [0.2, 0.25) is 0 Å². The summed E-state index contributed by atoms with van der Waals surface area (Å²) in [6.45, 7) is 2.78. The summed E-state index contributed by atoms with van der Waals surface area (Å²) < 4.78 is 16.6. The SMILES string of the molecule is COc1c2c(c(C(C)=O)c3c1OCC3)OCC2. The fourth-order valence-corrected chi connectivity index (χ4v) is 2.65. The van der Waals surface area contributed by atoms with Gasteiger partial charge in [-0.25, -0.2) is 0 Å². The van der Waals surface area contributed by atoms with Crippen molar-refractivity contribution < 1.29 is 19.0 Å². The van der Waals surface area contributed by atoms with E-state index in [2.05, 4.69) is 0 Å². The van der Waals surface area contributed by atoms with E-state index in [1.807, 2.05) is 0 Å². The standard InChI is InChI=1S/C13H14O4/c1-7(14)10-8-3-5-17-13(8)12(15-2)9-4-6-16-11(9)10/h3-6H2,1-2H3. The van der Waals surface area contributed by atoms with Crippen LogP contribution in [0.5, 0.6) is 17.2 Å². The summed E-state index contributed by atoms with van der Waals surface area (Å²) in [5, 5.41) is 0. The van der Waals surface area contributed by atoms with Gasteiger partial charge in [-0.05, 0) is 6.92 Å². The van der Waals surface area contributed by atoms with Crippen molar-refractivity contribution >= 4 is 5.78 Å². The van der Waals surface area contributed by atoms with Crippen LogP contribution in [0.15, 0.2) is 0 Å². The highest BCUT2D eigenvalue weighted by Crippen LogP contribution is 2.48. The lowest BCUT2D eigenvalue weighted by Gasteiger charge is -2.14. The molecule has 90 valence electrons. The maximum absolute atomic E-state index is 11.8. The molecule has 0 aliphatic carbocycles. The molecule has 3 rings (SSSR count). The van der Waals surface area contributed by atoms with E-state index in [4.69, 9.17) is 14.2 Å². The highest BCUT2D eigenvalue weighted by molar-refractivity contribution is 6.00. The lowest BCUT2D eigenvalue weighted by Crippen LogP contribution is -2.03. The van der Waals surface area contributed by atoms with Crippen molar-refractivity contribution in [1.29, 1.82) is 0 Å². The van der Waals surface area contributed by atoms with Crippen LogP contribution in [0.4, 0.5) is 0 Å². The first-order valence-electron chi connectivity index (χ1n) is 5.76. The average Bonchev–Trinajstić information content (AvgIpc) is 2.92. The van der Waals surface area contributed by atoms with Gasteiger partial charge in [-0.3, -0.25) is 4.79 Å². The van der Waals surface area contributed by atoms with Crippen LogP contribution in [0.25, 0.3) is 0 Å². The molecular weight excluding hydrogens is 220 g/mol. The number of benzene rings is 1. The first-order chi connectivity index (χ1) is 8.24. The molecule has 0 fully saturated rings. The Balaban J connectivity index is 2.34. The fraction of sp³-hybridized carbons (Fsp3) is 0.462. The Labute approximate surface area is 99.5 Å². The summed E-state index contributed by atoms with van der Waals surface area (Å²) in [4.78, 5) is 11.8. The van der Waals surface area contributed by atoms with E-state index >= 15 is 0 Å². The monoisotopic (exact) mass is 234 g/mol. The quantitative estimate of drug-likeness (QED) is 0.731. The molecule has 4 heteroatoms. The number of hydrogen-bond donors (Lipinski definition) is 0. The molecule has 0 saturated heterocycles. The molecule has 0 unspecified atom stereocenters. The molecule has 1 aromatic rings. The first kappa shape index (κ1) is 10.4. The molecule has 17 heavy (non-hydrogen) atoms. The molecule has 2 aliphatic rings. The number of hydrogen-bond acceptors (Lipinski definition) is 4. The summed E-state index contributed by atoms with van der Waals surface area (Å²) in [5.41, 5.74) is 2.60. The predicted octanol–water partition coefficient (Wildman–Crippen LogP) is 1.77. The molecule has 0 bridgehead atoms. The molecular formula is C13H14O4. The second kappa shape index (κ2) is 3.65. The van der Waals surface area contributed by atoms with Crippen LogP contribution in [0.3, 0.4) is 0 Å². The van der Waals surface area contributed by atoms with Crippen molar-refractivity contribution in [2.75, 3.05) is 20.3 Å². The van der Waals surface area contributed by atoms with Crippen molar-refractivity contribution in [2.45, 2.75) is 19.8 Å². The Morgan fingerprint density at radius 1 is 1.12 bits per heavy atom. The zero-order chi connectivity index (χ0) is 12.0. The Bertz CT molecular complexity index is 470. The normalized spacial score (nSPS) is 15.9. The Morgan fingerprint density at radius 3 is 2.41 bits per heavy atom. The molecule has 0 atom stereocenters. The van der Waals surface area contributed by atoms with Crippen molar-refractivity contribution in [3.8, 4) is 17.2 Å².